The van der Waals surface area contributed by atoms with E-state index in [0.29, 0.717) is 32.1 Å². The summed E-state index contributed by atoms with van der Waals surface area (Å²) in [7, 11) is -5.80. The smallest absolute Gasteiger partial charge is 0.463 e. The van der Waals surface area contributed by atoms with Crippen molar-refractivity contribution in [3.63, 3.8) is 0 Å². The van der Waals surface area contributed by atoms with E-state index in [1.807, 2.05) is 0 Å². The Labute approximate surface area is 687 Å². The maximum atomic E-state index is 14.9. The first-order valence-corrected chi connectivity index (χ1v) is 47.8. The van der Waals surface area contributed by atoms with Crippen molar-refractivity contribution < 1.29 is 122 Å². The number of ether oxygens (including phenoxy) is 8. The molecule has 25 nitrogen and oxygen atoms in total. The maximum Gasteiger partial charge on any atom is 0.472 e. The van der Waals surface area contributed by atoms with Gasteiger partial charge in [0.2, 0.25) is 0 Å². The molecule has 3 rings (SSSR count). The van der Waals surface area contributed by atoms with Crippen molar-refractivity contribution >= 4 is 31.7 Å². The Hall–Kier alpha value is -2.53. The summed E-state index contributed by atoms with van der Waals surface area (Å²) in [4.78, 5) is 66.3. The molecule has 0 aromatic heterocycles. The van der Waals surface area contributed by atoms with E-state index >= 15 is 0 Å². The number of carbonyl (C=O) groups is 4. The number of carbonyl (C=O) groups excluding carboxylic acids is 4. The molecule has 2 aliphatic heterocycles. The van der Waals surface area contributed by atoms with Crippen LogP contribution in [0, 0.1) is 0 Å². The van der Waals surface area contributed by atoms with Crippen molar-refractivity contribution in [2.45, 2.75) is 511 Å². The maximum absolute atomic E-state index is 14.9. The zero-order chi connectivity index (χ0) is 83.2. The van der Waals surface area contributed by atoms with Crippen LogP contribution >= 0.6 is 7.82 Å². The van der Waals surface area contributed by atoms with Crippen molar-refractivity contribution in [1.29, 1.82) is 0 Å². The molecule has 26 heteroatoms. The van der Waals surface area contributed by atoms with Gasteiger partial charge in [0.15, 0.2) is 24.8 Å². The van der Waals surface area contributed by atoms with E-state index < -0.39 is 162 Å². The minimum Gasteiger partial charge on any atom is -0.463 e. The van der Waals surface area contributed by atoms with E-state index in [2.05, 4.69) is 27.7 Å². The first-order chi connectivity index (χ1) is 55.2. The second-order valence-electron chi connectivity index (χ2n) is 33.2. The summed E-state index contributed by atoms with van der Waals surface area (Å²) in [5.41, 5.74) is 0. The van der Waals surface area contributed by atoms with Crippen LogP contribution in [-0.4, -0.2) is 205 Å². The van der Waals surface area contributed by atoms with Crippen LogP contribution in [0.3, 0.4) is 0 Å². The van der Waals surface area contributed by atoms with Gasteiger partial charge in [-0.3, -0.25) is 28.2 Å². The van der Waals surface area contributed by atoms with Gasteiger partial charge in [0.05, 0.1) is 13.2 Å². The van der Waals surface area contributed by atoms with Gasteiger partial charge < -0.3 is 88.7 Å². The molecule has 18 atom stereocenters. The van der Waals surface area contributed by atoms with Gasteiger partial charge in [-0.1, -0.05) is 355 Å². The number of hydrogen-bond donors (Lipinski definition) is 10. The molecule has 3 aliphatic rings. The average Bonchev–Trinajstić information content (AvgIpc) is 0.754. The summed E-state index contributed by atoms with van der Waals surface area (Å²) in [6, 6.07) is 0. The zero-order valence-corrected chi connectivity index (χ0v) is 72.3. The van der Waals surface area contributed by atoms with Crippen molar-refractivity contribution in [3.05, 3.63) is 0 Å². The minimum absolute atomic E-state index is 0.0204. The van der Waals surface area contributed by atoms with Crippen molar-refractivity contribution in [2.24, 2.45) is 0 Å². The van der Waals surface area contributed by atoms with E-state index in [9.17, 15) is 74.6 Å². The van der Waals surface area contributed by atoms with Gasteiger partial charge in [0, 0.05) is 25.7 Å². The molecule has 1 saturated carbocycles. The van der Waals surface area contributed by atoms with Crippen LogP contribution < -0.4 is 0 Å². The lowest BCUT2D eigenvalue weighted by Gasteiger charge is -2.50. The molecule has 0 amide bonds. The number of phosphoric acid groups is 1. The summed E-state index contributed by atoms with van der Waals surface area (Å²) >= 11 is 0. The van der Waals surface area contributed by atoms with Crippen LogP contribution in [0.25, 0.3) is 0 Å². The summed E-state index contributed by atoms with van der Waals surface area (Å²) in [5, 5.41) is 102. The highest BCUT2D eigenvalue weighted by Gasteiger charge is 2.60. The molecular weight excluding hydrogens is 1490 g/mol. The number of aliphatic hydroxyl groups is 9. The molecule has 1 aliphatic carbocycles. The monoisotopic (exact) mass is 1650 g/mol. The SMILES string of the molecule is CCCCCCCCCCCCCCCCCCC(=O)OCC1OC(OC2C(OC(=O)CCCCCCCCCCCCCCC)C(O)C(O)C(OC3OC(CO)C(O)C(O)C3O)C2OP(=O)(O)OCC(COC(=O)CCCCCCCCCCCCCCC)OC(=O)CCCCCCCCCCCCCCC)C(O)C(O)C1O. The van der Waals surface area contributed by atoms with Gasteiger partial charge in [-0.25, -0.2) is 4.57 Å². The number of aliphatic hydroxyl groups excluding tert-OH is 9. The zero-order valence-electron chi connectivity index (χ0n) is 71.4. The van der Waals surface area contributed by atoms with E-state index in [0.717, 1.165) is 128 Å². The summed E-state index contributed by atoms with van der Waals surface area (Å²) in [5.74, 6) is -2.94. The van der Waals surface area contributed by atoms with Crippen LogP contribution in [0.4, 0.5) is 0 Å². The Morgan fingerprint density at radius 1 is 0.316 bits per heavy atom. The van der Waals surface area contributed by atoms with E-state index in [-0.39, 0.29) is 25.7 Å². The molecule has 114 heavy (non-hydrogen) atoms. The van der Waals surface area contributed by atoms with Crippen LogP contribution in [-0.2, 0) is 70.7 Å². The lowest BCUT2D eigenvalue weighted by Crippen LogP contribution is -2.70. The topological polar surface area (TPSA) is 380 Å². The van der Waals surface area contributed by atoms with Gasteiger partial charge in [-0.15, -0.1) is 0 Å². The van der Waals surface area contributed by atoms with E-state index in [1.165, 1.54) is 193 Å². The van der Waals surface area contributed by atoms with E-state index in [4.69, 9.17) is 46.9 Å². The Bertz CT molecular complexity index is 2380. The normalized spacial score (nSPS) is 25.3. The Morgan fingerprint density at radius 2 is 0.605 bits per heavy atom. The standard InChI is InChI=1S/C88H165O25P/c1-5-9-13-17-21-25-29-33-34-35-39-41-45-49-53-57-61-72(91)105-67-70-76(95)78(97)82(101)88(109-70)112-85-83(110-74(93)63-59-55-51-47-43-38-32-28-24-20-16-12-8-4)79(98)80(99)84(111-87-81(100)77(96)75(94)69(64-89)108-87)86(85)113-114(102,103)106-66-68(107-73(92)62-58-54-50-46-42-37-31-27-23-19-15-11-7-3)65-104-71(90)60-56-52-48-44-40-36-30-26-22-18-14-10-6-2/h68-70,75-89,94-101H,5-67H2,1-4H3,(H,102,103). The largest absolute Gasteiger partial charge is 0.472 e. The predicted octanol–water partition coefficient (Wildman–Crippen LogP) is 16.6. The van der Waals surface area contributed by atoms with Gasteiger partial charge in [-0.05, 0) is 25.7 Å². The summed E-state index contributed by atoms with van der Waals surface area (Å²) < 4.78 is 73.3. The highest BCUT2D eigenvalue weighted by molar-refractivity contribution is 7.47. The molecule has 2 heterocycles. The van der Waals surface area contributed by atoms with E-state index in [1.54, 1.807) is 0 Å². The number of phosphoric ester groups is 1. The van der Waals surface area contributed by atoms with Gasteiger partial charge in [0.1, 0.15) is 92.6 Å². The van der Waals surface area contributed by atoms with Gasteiger partial charge in [0.25, 0.3) is 0 Å². The third-order valence-electron chi connectivity index (χ3n) is 22.9. The number of rotatable bonds is 75. The first kappa shape index (κ1) is 106. The summed E-state index contributed by atoms with van der Waals surface area (Å²) in [6.45, 7) is 5.61. The van der Waals surface area contributed by atoms with Crippen molar-refractivity contribution in [3.8, 4) is 0 Å². The predicted molar refractivity (Wildman–Crippen MR) is 440 cm³/mol. The first-order valence-electron chi connectivity index (χ1n) is 46.3. The van der Waals surface area contributed by atoms with Crippen LogP contribution in [0.2, 0.25) is 0 Å². The fourth-order valence-electron chi connectivity index (χ4n) is 15.5. The molecule has 18 unspecified atom stereocenters. The third kappa shape index (κ3) is 48.2. The molecule has 10 N–H and O–H groups in total. The molecule has 672 valence electrons. The second-order valence-corrected chi connectivity index (χ2v) is 34.6. The quantitative estimate of drug-likeness (QED) is 0.0117. The average molecular weight is 1650 g/mol. The Kier molecular flexibility index (Phi) is 63.1. The van der Waals surface area contributed by atoms with Crippen molar-refractivity contribution in [1.82, 2.24) is 0 Å². The fourth-order valence-corrected chi connectivity index (χ4v) is 16.5. The molecule has 3 fully saturated rings. The second kappa shape index (κ2) is 68.1. The fraction of sp³-hybridized carbons (Fsp3) is 0.955. The molecule has 0 spiro atoms. The molecule has 2 saturated heterocycles. The highest BCUT2D eigenvalue weighted by atomic mass is 31.2. The number of unbranched alkanes of at least 4 members (excludes halogenated alkanes) is 51. The third-order valence-corrected chi connectivity index (χ3v) is 23.8. The molecule has 0 aromatic rings. The molecule has 0 radical (unpaired) electrons. The molecule has 0 aromatic carbocycles. The van der Waals surface area contributed by atoms with Gasteiger partial charge >= 0.3 is 31.7 Å². The highest BCUT2D eigenvalue weighted by Crippen LogP contribution is 2.49. The molecule has 0 bridgehead atoms. The Balaban J connectivity index is 1.91. The van der Waals surface area contributed by atoms with Crippen LogP contribution in [0.1, 0.15) is 407 Å². The Morgan fingerprint density at radius 3 is 0.956 bits per heavy atom. The van der Waals surface area contributed by atoms with Crippen molar-refractivity contribution in [2.75, 3.05) is 26.4 Å². The number of esters is 4. The lowest BCUT2D eigenvalue weighted by molar-refractivity contribution is -0.360. The summed E-state index contributed by atoms with van der Waals surface area (Å²) in [6.07, 6.45) is 23.9. The van der Waals surface area contributed by atoms with Crippen LogP contribution in [0.15, 0.2) is 0 Å². The van der Waals surface area contributed by atoms with Gasteiger partial charge in [-0.2, -0.15) is 0 Å². The molecular formula is C88H165O25P. The minimum atomic E-state index is -5.80. The van der Waals surface area contributed by atoms with Crippen LogP contribution in [0.5, 0.6) is 0 Å². The number of hydrogen-bond acceptors (Lipinski definition) is 24. The lowest BCUT2D eigenvalue weighted by atomic mass is 9.84.